The Labute approximate surface area is 127 Å². The number of thiophene rings is 1. The van der Waals surface area contributed by atoms with Gasteiger partial charge in [0.1, 0.15) is 4.99 Å². The molecule has 0 fully saturated rings. The van der Waals surface area contributed by atoms with Crippen LogP contribution in [0, 0.1) is 6.92 Å². The number of rotatable bonds is 5. The van der Waals surface area contributed by atoms with Crippen molar-refractivity contribution in [3.05, 3.63) is 50.7 Å². The summed E-state index contributed by atoms with van der Waals surface area (Å²) >= 11 is 12.6. The maximum absolute atomic E-state index is 5.91. The van der Waals surface area contributed by atoms with Crippen molar-refractivity contribution < 1.29 is 0 Å². The largest absolute Gasteiger partial charge is 0.389 e. The van der Waals surface area contributed by atoms with Gasteiger partial charge in [0.15, 0.2) is 0 Å². The summed E-state index contributed by atoms with van der Waals surface area (Å²) in [5.41, 5.74) is 8.82. The van der Waals surface area contributed by atoms with Gasteiger partial charge in [0.05, 0.1) is 4.34 Å². The lowest BCUT2D eigenvalue weighted by Crippen LogP contribution is -2.15. The summed E-state index contributed by atoms with van der Waals surface area (Å²) < 4.78 is 0.828. The first kappa shape index (κ1) is 14.3. The van der Waals surface area contributed by atoms with Crippen molar-refractivity contribution in [1.29, 1.82) is 0 Å². The number of hydrogen-bond acceptors (Lipinski definition) is 3. The second-order valence-electron chi connectivity index (χ2n) is 4.24. The van der Waals surface area contributed by atoms with Gasteiger partial charge in [0, 0.05) is 22.7 Å². The van der Waals surface area contributed by atoms with Crippen LogP contribution >= 0.6 is 35.2 Å². The highest BCUT2D eigenvalue weighted by Crippen LogP contribution is 2.23. The van der Waals surface area contributed by atoms with Crippen LogP contribution in [0.5, 0.6) is 0 Å². The normalized spacial score (nSPS) is 10.4. The van der Waals surface area contributed by atoms with Crippen molar-refractivity contribution in [2.75, 3.05) is 11.9 Å². The average Bonchev–Trinajstić information content (AvgIpc) is 2.77. The Balaban J connectivity index is 2.05. The molecule has 2 rings (SSSR count). The van der Waals surface area contributed by atoms with Crippen LogP contribution in [0.4, 0.5) is 5.69 Å². The molecule has 0 saturated heterocycles. The molecule has 0 atom stereocenters. The maximum Gasteiger partial charge on any atom is 0.106 e. The van der Waals surface area contributed by atoms with Crippen molar-refractivity contribution >= 4 is 45.8 Å². The number of aryl methyl sites for hydroxylation is 1. The van der Waals surface area contributed by atoms with Crippen molar-refractivity contribution in [3.63, 3.8) is 0 Å². The second-order valence-corrected chi connectivity index (χ2v) is 6.48. The molecule has 19 heavy (non-hydrogen) atoms. The molecule has 100 valence electrons. The van der Waals surface area contributed by atoms with E-state index < -0.39 is 0 Å². The van der Waals surface area contributed by atoms with E-state index in [9.17, 15) is 0 Å². The lowest BCUT2D eigenvalue weighted by Gasteiger charge is -2.13. The number of benzene rings is 1. The van der Waals surface area contributed by atoms with Gasteiger partial charge in [0.25, 0.3) is 0 Å². The zero-order valence-corrected chi connectivity index (χ0v) is 13.0. The number of nitrogens with one attached hydrogen (secondary N) is 1. The minimum atomic E-state index is 0.422. The Hall–Kier alpha value is -1.10. The summed E-state index contributed by atoms with van der Waals surface area (Å²) in [5.74, 6) is 0. The molecule has 0 amide bonds. The first-order chi connectivity index (χ1) is 9.08. The summed E-state index contributed by atoms with van der Waals surface area (Å²) in [6, 6.07) is 9.94. The molecule has 2 aromatic rings. The van der Waals surface area contributed by atoms with E-state index in [1.54, 1.807) is 11.3 Å². The van der Waals surface area contributed by atoms with Gasteiger partial charge in [-0.2, -0.15) is 0 Å². The van der Waals surface area contributed by atoms with E-state index in [0.717, 1.165) is 34.1 Å². The lowest BCUT2D eigenvalue weighted by atomic mass is 10.1. The molecule has 0 saturated carbocycles. The average molecular weight is 311 g/mol. The molecule has 0 aliphatic carbocycles. The first-order valence-electron chi connectivity index (χ1n) is 5.95. The molecule has 1 heterocycles. The van der Waals surface area contributed by atoms with E-state index in [0.29, 0.717) is 4.99 Å². The number of nitrogens with two attached hydrogens (primary N) is 1. The minimum Gasteiger partial charge on any atom is -0.389 e. The van der Waals surface area contributed by atoms with Crippen LogP contribution in [0.25, 0.3) is 0 Å². The van der Waals surface area contributed by atoms with Gasteiger partial charge in [-0.05, 0) is 37.1 Å². The highest BCUT2D eigenvalue weighted by molar-refractivity contribution is 7.80. The van der Waals surface area contributed by atoms with E-state index in [1.165, 1.54) is 4.88 Å². The Bertz CT molecular complexity index is 593. The Morgan fingerprint density at radius 2 is 2.16 bits per heavy atom. The summed E-state index contributed by atoms with van der Waals surface area (Å²) in [7, 11) is 0. The summed E-state index contributed by atoms with van der Waals surface area (Å²) in [5, 5.41) is 3.42. The maximum atomic E-state index is 5.91. The van der Waals surface area contributed by atoms with E-state index in [1.807, 2.05) is 31.2 Å². The molecule has 5 heteroatoms. The Morgan fingerprint density at radius 3 is 2.79 bits per heavy atom. The molecule has 0 spiro atoms. The van der Waals surface area contributed by atoms with Crippen LogP contribution in [0.3, 0.4) is 0 Å². The number of para-hydroxylation sites is 1. The number of anilines is 1. The topological polar surface area (TPSA) is 38.0 Å². The molecule has 1 aromatic heterocycles. The van der Waals surface area contributed by atoms with E-state index >= 15 is 0 Å². The summed E-state index contributed by atoms with van der Waals surface area (Å²) in [6.45, 7) is 2.88. The number of halogens is 1. The smallest absolute Gasteiger partial charge is 0.106 e. The van der Waals surface area contributed by atoms with Gasteiger partial charge >= 0.3 is 0 Å². The molecular formula is C14H15ClN2S2. The molecule has 0 unspecified atom stereocenters. The van der Waals surface area contributed by atoms with Gasteiger partial charge in [-0.1, -0.05) is 36.0 Å². The van der Waals surface area contributed by atoms with Crippen LogP contribution in [0.1, 0.15) is 16.0 Å². The standard InChI is InChI=1S/C14H15ClN2S2/c1-9-3-2-4-11(14(16)18)13(9)17-8-7-10-5-6-12(15)19-10/h2-6,17H,7-8H2,1H3,(H2,16,18). The lowest BCUT2D eigenvalue weighted by molar-refractivity contribution is 1.04. The Morgan fingerprint density at radius 1 is 1.37 bits per heavy atom. The molecule has 1 aromatic carbocycles. The third kappa shape index (κ3) is 3.69. The highest BCUT2D eigenvalue weighted by Gasteiger charge is 2.07. The van der Waals surface area contributed by atoms with Gasteiger partial charge in [-0.25, -0.2) is 0 Å². The molecule has 0 aliphatic rings. The predicted octanol–water partition coefficient (Wildman–Crippen LogP) is 4.00. The SMILES string of the molecule is Cc1cccc(C(N)=S)c1NCCc1ccc(Cl)s1. The van der Waals surface area contributed by atoms with Crippen LogP contribution in [-0.2, 0) is 6.42 Å². The molecule has 2 nitrogen and oxygen atoms in total. The van der Waals surface area contributed by atoms with Crippen molar-refractivity contribution in [1.82, 2.24) is 0 Å². The minimum absolute atomic E-state index is 0.422. The Kier molecular flexibility index (Phi) is 4.80. The predicted molar refractivity (Wildman–Crippen MR) is 88.6 cm³/mol. The fourth-order valence-electron chi connectivity index (χ4n) is 1.90. The van der Waals surface area contributed by atoms with Gasteiger partial charge in [0.2, 0.25) is 0 Å². The van der Waals surface area contributed by atoms with E-state index in [-0.39, 0.29) is 0 Å². The van der Waals surface area contributed by atoms with E-state index in [4.69, 9.17) is 29.6 Å². The first-order valence-corrected chi connectivity index (χ1v) is 7.55. The summed E-state index contributed by atoms with van der Waals surface area (Å²) in [4.78, 5) is 1.69. The van der Waals surface area contributed by atoms with Crippen molar-refractivity contribution in [3.8, 4) is 0 Å². The van der Waals surface area contributed by atoms with Gasteiger partial charge < -0.3 is 11.1 Å². The molecule has 0 aliphatic heterocycles. The third-order valence-corrected chi connectivity index (χ3v) is 4.35. The second kappa shape index (κ2) is 6.37. The van der Waals surface area contributed by atoms with Crippen LogP contribution < -0.4 is 11.1 Å². The summed E-state index contributed by atoms with van der Waals surface area (Å²) in [6.07, 6.45) is 0.933. The van der Waals surface area contributed by atoms with Crippen LogP contribution in [0.2, 0.25) is 4.34 Å². The zero-order valence-electron chi connectivity index (χ0n) is 10.6. The highest BCUT2D eigenvalue weighted by atomic mass is 35.5. The van der Waals surface area contributed by atoms with Crippen molar-refractivity contribution in [2.24, 2.45) is 5.73 Å². The van der Waals surface area contributed by atoms with Gasteiger partial charge in [-0.3, -0.25) is 0 Å². The van der Waals surface area contributed by atoms with Crippen LogP contribution in [0.15, 0.2) is 30.3 Å². The monoisotopic (exact) mass is 310 g/mol. The third-order valence-electron chi connectivity index (χ3n) is 2.84. The molecule has 0 radical (unpaired) electrons. The van der Waals surface area contributed by atoms with Crippen LogP contribution in [-0.4, -0.2) is 11.5 Å². The molecule has 0 bridgehead atoms. The van der Waals surface area contributed by atoms with Crippen molar-refractivity contribution in [2.45, 2.75) is 13.3 Å². The van der Waals surface area contributed by atoms with Gasteiger partial charge in [-0.15, -0.1) is 11.3 Å². The quantitative estimate of drug-likeness (QED) is 0.820. The number of hydrogen-bond donors (Lipinski definition) is 2. The molecular weight excluding hydrogens is 296 g/mol. The molecule has 3 N–H and O–H groups in total. The zero-order chi connectivity index (χ0) is 13.8. The number of thiocarbonyl (C=S) groups is 1. The fourth-order valence-corrected chi connectivity index (χ4v) is 3.16. The van der Waals surface area contributed by atoms with E-state index in [2.05, 4.69) is 11.4 Å². The fraction of sp³-hybridized carbons (Fsp3) is 0.214.